The normalized spacial score (nSPS) is 18.0. The number of para-hydroxylation sites is 2. The first-order valence-electron chi connectivity index (χ1n) is 13.1. The van der Waals surface area contributed by atoms with Crippen LogP contribution in [0.4, 0.5) is 5.82 Å². The van der Waals surface area contributed by atoms with Gasteiger partial charge in [-0.2, -0.15) is 0 Å². The van der Waals surface area contributed by atoms with Gasteiger partial charge in [0.1, 0.15) is 0 Å². The van der Waals surface area contributed by atoms with Gasteiger partial charge < -0.3 is 15.1 Å². The van der Waals surface area contributed by atoms with Crippen LogP contribution in [-0.4, -0.2) is 84.7 Å². The van der Waals surface area contributed by atoms with E-state index >= 15 is 0 Å². The molecule has 0 spiro atoms. The third kappa shape index (κ3) is 5.60. The molecule has 8 heteroatoms. The summed E-state index contributed by atoms with van der Waals surface area (Å²) < 4.78 is 1.82. The number of aromatic nitrogens is 2. The lowest BCUT2D eigenvalue weighted by Gasteiger charge is -2.33. The van der Waals surface area contributed by atoms with Crippen molar-refractivity contribution in [1.29, 1.82) is 0 Å². The van der Waals surface area contributed by atoms with Crippen molar-refractivity contribution >= 4 is 22.8 Å². The van der Waals surface area contributed by atoms with Crippen LogP contribution in [0.3, 0.4) is 0 Å². The number of likely N-dealkylation sites (N-methyl/N-ethyl adjacent to an activating group) is 1. The monoisotopic (exact) mass is 488 g/mol. The topological polar surface area (TPSA) is 73.7 Å². The van der Waals surface area contributed by atoms with Crippen molar-refractivity contribution in [3.8, 4) is 0 Å². The highest BCUT2D eigenvalue weighted by Crippen LogP contribution is 2.22. The number of nitrogens with zero attached hydrogens (tertiary/aromatic N) is 5. The predicted octanol–water partition coefficient (Wildman–Crippen LogP) is 2.02. The molecule has 3 aromatic rings. The van der Waals surface area contributed by atoms with Crippen LogP contribution >= 0.6 is 0 Å². The van der Waals surface area contributed by atoms with E-state index in [9.17, 15) is 9.59 Å². The zero-order valence-corrected chi connectivity index (χ0v) is 21.1. The van der Waals surface area contributed by atoms with E-state index in [1.807, 2.05) is 59.2 Å². The SMILES string of the molecule is CN1CCN(CCNC(=O)C2CCN(c3nc4ccccc4n(Cc4ccccc4)c3=O)CC2)CC1. The maximum Gasteiger partial charge on any atom is 0.294 e. The molecule has 36 heavy (non-hydrogen) atoms. The number of fused-ring (bicyclic) bond motifs is 1. The minimum Gasteiger partial charge on any atom is -0.355 e. The van der Waals surface area contributed by atoms with Gasteiger partial charge in [0, 0.05) is 58.3 Å². The van der Waals surface area contributed by atoms with Crippen LogP contribution in [-0.2, 0) is 11.3 Å². The van der Waals surface area contributed by atoms with E-state index < -0.39 is 0 Å². The molecule has 1 N–H and O–H groups in total. The molecular weight excluding hydrogens is 452 g/mol. The van der Waals surface area contributed by atoms with Gasteiger partial charge in [0.05, 0.1) is 17.6 Å². The van der Waals surface area contributed by atoms with Crippen LogP contribution < -0.4 is 15.8 Å². The highest BCUT2D eigenvalue weighted by Gasteiger charge is 2.27. The van der Waals surface area contributed by atoms with Crippen LogP contribution in [0.5, 0.6) is 0 Å². The third-order valence-electron chi connectivity index (χ3n) is 7.51. The molecule has 1 amide bonds. The molecule has 3 heterocycles. The van der Waals surface area contributed by atoms with Gasteiger partial charge in [0.25, 0.3) is 5.56 Å². The molecule has 8 nitrogen and oxygen atoms in total. The Morgan fingerprint density at radius 3 is 2.39 bits per heavy atom. The molecule has 5 rings (SSSR count). The van der Waals surface area contributed by atoms with Crippen molar-refractivity contribution in [2.24, 2.45) is 5.92 Å². The van der Waals surface area contributed by atoms with Gasteiger partial charge in [-0.3, -0.25) is 19.1 Å². The van der Waals surface area contributed by atoms with E-state index in [2.05, 4.69) is 27.1 Å². The molecule has 2 fully saturated rings. The Labute approximate surface area is 212 Å². The minimum absolute atomic E-state index is 0.0132. The Bertz CT molecular complexity index is 1230. The number of hydrogen-bond acceptors (Lipinski definition) is 6. The summed E-state index contributed by atoms with van der Waals surface area (Å²) in [7, 11) is 2.15. The molecule has 0 saturated carbocycles. The Morgan fingerprint density at radius 1 is 0.944 bits per heavy atom. The molecule has 0 bridgehead atoms. The Balaban J connectivity index is 1.23. The fraction of sp³-hybridized carbons (Fsp3) is 0.464. The maximum atomic E-state index is 13.6. The molecule has 0 aliphatic carbocycles. The average Bonchev–Trinajstić information content (AvgIpc) is 2.92. The van der Waals surface area contributed by atoms with Gasteiger partial charge >= 0.3 is 0 Å². The van der Waals surface area contributed by atoms with Crippen molar-refractivity contribution in [2.75, 3.05) is 64.3 Å². The smallest absolute Gasteiger partial charge is 0.294 e. The van der Waals surface area contributed by atoms with Gasteiger partial charge in [-0.1, -0.05) is 42.5 Å². The largest absolute Gasteiger partial charge is 0.355 e. The molecule has 2 aliphatic heterocycles. The first kappa shape index (κ1) is 24.5. The maximum absolute atomic E-state index is 13.6. The third-order valence-corrected chi connectivity index (χ3v) is 7.51. The molecule has 0 atom stereocenters. The number of nitrogens with one attached hydrogen (secondary N) is 1. The lowest BCUT2D eigenvalue weighted by molar-refractivity contribution is -0.125. The van der Waals surface area contributed by atoms with Crippen LogP contribution in [0, 0.1) is 5.92 Å². The lowest BCUT2D eigenvalue weighted by Crippen LogP contribution is -2.48. The zero-order chi connectivity index (χ0) is 24.9. The molecule has 2 aliphatic rings. The average molecular weight is 489 g/mol. The van der Waals surface area contributed by atoms with E-state index in [-0.39, 0.29) is 17.4 Å². The highest BCUT2D eigenvalue weighted by atomic mass is 16.2. The zero-order valence-electron chi connectivity index (χ0n) is 21.1. The Hall–Kier alpha value is -3.23. The summed E-state index contributed by atoms with van der Waals surface area (Å²) in [5.74, 6) is 0.607. The molecule has 190 valence electrons. The van der Waals surface area contributed by atoms with Crippen LogP contribution in [0.15, 0.2) is 59.4 Å². The highest BCUT2D eigenvalue weighted by molar-refractivity contribution is 5.79. The number of carbonyl (C=O) groups excluding carboxylic acids is 1. The van der Waals surface area contributed by atoms with Gasteiger partial charge in [-0.15, -0.1) is 0 Å². The van der Waals surface area contributed by atoms with E-state index in [1.165, 1.54) is 0 Å². The van der Waals surface area contributed by atoms with Crippen LogP contribution in [0.1, 0.15) is 18.4 Å². The summed E-state index contributed by atoms with van der Waals surface area (Å²) in [6.07, 6.45) is 1.46. The van der Waals surface area contributed by atoms with Crippen molar-refractivity contribution in [3.63, 3.8) is 0 Å². The molecule has 2 saturated heterocycles. The van der Waals surface area contributed by atoms with Crippen LogP contribution in [0.25, 0.3) is 11.0 Å². The van der Waals surface area contributed by atoms with Crippen molar-refractivity contribution < 1.29 is 4.79 Å². The quantitative estimate of drug-likeness (QED) is 0.549. The number of piperazine rings is 1. The summed E-state index contributed by atoms with van der Waals surface area (Å²) in [4.78, 5) is 38.0. The summed E-state index contributed by atoms with van der Waals surface area (Å²) in [6, 6.07) is 17.8. The standard InChI is InChI=1S/C28H36N6O2/c1-31-17-19-32(20-18-31)16-13-29-27(35)23-11-14-33(15-12-23)26-28(36)34(21-22-7-3-2-4-8-22)25-10-6-5-9-24(25)30-26/h2-10,23H,11-21H2,1H3,(H,29,35). The number of anilines is 1. The minimum atomic E-state index is -0.0763. The van der Waals surface area contributed by atoms with E-state index in [4.69, 9.17) is 4.98 Å². The Morgan fingerprint density at radius 2 is 1.64 bits per heavy atom. The second-order valence-corrected chi connectivity index (χ2v) is 10.00. The van der Waals surface area contributed by atoms with Crippen LogP contribution in [0.2, 0.25) is 0 Å². The molecular formula is C28H36N6O2. The second-order valence-electron chi connectivity index (χ2n) is 10.00. The first-order valence-corrected chi connectivity index (χ1v) is 13.1. The predicted molar refractivity (Wildman–Crippen MR) is 143 cm³/mol. The lowest BCUT2D eigenvalue weighted by atomic mass is 9.96. The first-order chi connectivity index (χ1) is 17.6. The number of rotatable bonds is 7. The number of piperidine rings is 1. The summed E-state index contributed by atoms with van der Waals surface area (Å²) >= 11 is 0. The van der Waals surface area contributed by atoms with Crippen molar-refractivity contribution in [3.05, 3.63) is 70.5 Å². The fourth-order valence-corrected chi connectivity index (χ4v) is 5.21. The number of hydrogen-bond donors (Lipinski definition) is 1. The number of carbonyl (C=O) groups is 1. The molecule has 0 radical (unpaired) electrons. The van der Waals surface area contributed by atoms with Crippen molar-refractivity contribution in [2.45, 2.75) is 19.4 Å². The van der Waals surface area contributed by atoms with E-state index in [1.54, 1.807) is 0 Å². The van der Waals surface area contributed by atoms with Gasteiger partial charge in [-0.05, 0) is 37.6 Å². The molecule has 0 unspecified atom stereocenters. The molecule has 2 aromatic carbocycles. The van der Waals surface area contributed by atoms with Gasteiger partial charge in [-0.25, -0.2) is 4.98 Å². The summed E-state index contributed by atoms with van der Waals surface area (Å²) in [5.41, 5.74) is 2.65. The van der Waals surface area contributed by atoms with Gasteiger partial charge in [0.15, 0.2) is 5.82 Å². The molecule has 1 aromatic heterocycles. The van der Waals surface area contributed by atoms with E-state index in [0.29, 0.717) is 32.0 Å². The fourth-order valence-electron chi connectivity index (χ4n) is 5.21. The summed E-state index contributed by atoms with van der Waals surface area (Å²) in [5, 5.41) is 3.14. The number of benzene rings is 2. The van der Waals surface area contributed by atoms with Crippen molar-refractivity contribution in [1.82, 2.24) is 24.7 Å². The number of amides is 1. The Kier molecular flexibility index (Phi) is 7.63. The van der Waals surface area contributed by atoms with Gasteiger partial charge in [0.2, 0.25) is 5.91 Å². The summed E-state index contributed by atoms with van der Waals surface area (Å²) in [6.45, 7) is 7.70. The van der Waals surface area contributed by atoms with E-state index in [0.717, 1.165) is 62.2 Å². The second kappa shape index (κ2) is 11.2.